The molecule has 0 aliphatic carbocycles. The van der Waals surface area contributed by atoms with E-state index < -0.39 is 4.92 Å². The van der Waals surface area contributed by atoms with Crippen molar-refractivity contribution >= 4 is 28.4 Å². The number of nitrogens with one attached hydrogen (secondary N) is 1. The van der Waals surface area contributed by atoms with Gasteiger partial charge in [0.25, 0.3) is 5.69 Å². The Hall–Kier alpha value is -2.39. The highest BCUT2D eigenvalue weighted by Gasteiger charge is 2.15. The topological polar surface area (TPSA) is 79.0 Å². The molecule has 0 aliphatic heterocycles. The van der Waals surface area contributed by atoms with Gasteiger partial charge in [-0.3, -0.25) is 10.1 Å². The van der Waals surface area contributed by atoms with Crippen molar-refractivity contribution in [3.8, 4) is 6.07 Å². The van der Waals surface area contributed by atoms with Gasteiger partial charge in [0.05, 0.1) is 16.2 Å². The van der Waals surface area contributed by atoms with Gasteiger partial charge in [-0.1, -0.05) is 12.1 Å². The fourth-order valence-corrected chi connectivity index (χ4v) is 2.31. The first kappa shape index (κ1) is 12.1. The number of nitriles is 1. The first-order valence-electron chi connectivity index (χ1n) is 5.12. The fraction of sp³-hybridized carbons (Fsp3) is 0.0833. The molecule has 0 radical (unpaired) electrons. The van der Waals surface area contributed by atoms with Crippen LogP contribution in [0.5, 0.6) is 0 Å². The summed E-state index contributed by atoms with van der Waals surface area (Å²) in [5.74, 6) is 0. The van der Waals surface area contributed by atoms with Crippen molar-refractivity contribution in [3.63, 3.8) is 0 Å². The number of rotatable bonds is 3. The van der Waals surface area contributed by atoms with Crippen LogP contribution in [-0.4, -0.2) is 4.92 Å². The molecule has 0 unspecified atom stereocenters. The molecule has 2 aromatic rings. The first-order chi connectivity index (χ1) is 8.63. The number of para-hydroxylation sites is 2. The molecule has 0 atom stereocenters. The van der Waals surface area contributed by atoms with E-state index >= 15 is 0 Å². The molecule has 0 spiro atoms. The number of thiophene rings is 1. The summed E-state index contributed by atoms with van der Waals surface area (Å²) in [5.41, 5.74) is 1.51. The SMILES string of the molecule is Cc1scc(Nc2ccccc2[N+](=O)[O-])c1C#N. The smallest absolute Gasteiger partial charge is 0.292 e. The van der Waals surface area contributed by atoms with Crippen molar-refractivity contribution in [2.24, 2.45) is 0 Å². The number of nitro groups is 1. The molecular weight excluding hydrogens is 250 g/mol. The molecule has 0 fully saturated rings. The summed E-state index contributed by atoms with van der Waals surface area (Å²) < 4.78 is 0. The Kier molecular flexibility index (Phi) is 3.26. The Morgan fingerprint density at radius 3 is 2.78 bits per heavy atom. The van der Waals surface area contributed by atoms with E-state index in [4.69, 9.17) is 5.26 Å². The van der Waals surface area contributed by atoms with E-state index in [1.807, 2.05) is 6.92 Å². The third-order valence-corrected chi connectivity index (χ3v) is 3.37. The minimum Gasteiger partial charge on any atom is -0.348 e. The number of hydrogen-bond donors (Lipinski definition) is 1. The Morgan fingerprint density at radius 1 is 1.39 bits per heavy atom. The Labute approximate surface area is 107 Å². The van der Waals surface area contributed by atoms with Crippen LogP contribution in [0.3, 0.4) is 0 Å². The van der Waals surface area contributed by atoms with E-state index in [1.165, 1.54) is 17.4 Å². The second-order valence-electron chi connectivity index (χ2n) is 3.59. The first-order valence-corrected chi connectivity index (χ1v) is 6.00. The average molecular weight is 259 g/mol. The lowest BCUT2D eigenvalue weighted by molar-refractivity contribution is -0.383. The van der Waals surface area contributed by atoms with E-state index in [9.17, 15) is 10.1 Å². The summed E-state index contributed by atoms with van der Waals surface area (Å²) in [6.45, 7) is 1.84. The lowest BCUT2D eigenvalue weighted by Crippen LogP contribution is -1.97. The Balaban J connectivity index is 2.41. The zero-order chi connectivity index (χ0) is 13.1. The quantitative estimate of drug-likeness (QED) is 0.675. The van der Waals surface area contributed by atoms with Crippen LogP contribution in [0.2, 0.25) is 0 Å². The van der Waals surface area contributed by atoms with Crippen LogP contribution >= 0.6 is 11.3 Å². The normalized spacial score (nSPS) is 9.78. The van der Waals surface area contributed by atoms with E-state index in [1.54, 1.807) is 23.6 Å². The molecule has 1 N–H and O–H groups in total. The molecule has 5 nitrogen and oxygen atoms in total. The van der Waals surface area contributed by atoms with Crippen LogP contribution in [0.15, 0.2) is 29.6 Å². The van der Waals surface area contributed by atoms with Crippen LogP contribution in [0, 0.1) is 28.4 Å². The number of nitrogens with zero attached hydrogens (tertiary/aromatic N) is 2. The van der Waals surface area contributed by atoms with Crippen molar-refractivity contribution in [1.82, 2.24) is 0 Å². The van der Waals surface area contributed by atoms with Gasteiger partial charge < -0.3 is 5.32 Å². The summed E-state index contributed by atoms with van der Waals surface area (Å²) in [6.07, 6.45) is 0. The van der Waals surface area contributed by atoms with Crippen LogP contribution < -0.4 is 5.32 Å². The molecule has 18 heavy (non-hydrogen) atoms. The van der Waals surface area contributed by atoms with E-state index in [2.05, 4.69) is 11.4 Å². The number of anilines is 2. The molecular formula is C12H9N3O2S. The molecule has 2 rings (SSSR count). The predicted molar refractivity (Wildman–Crippen MR) is 70.2 cm³/mol. The molecule has 90 valence electrons. The summed E-state index contributed by atoms with van der Waals surface area (Å²) in [6, 6.07) is 8.45. The summed E-state index contributed by atoms with van der Waals surface area (Å²) in [5, 5.41) is 24.6. The standard InChI is InChI=1S/C12H9N3O2S/c1-8-9(6-13)11(7-18-8)14-10-4-2-3-5-12(10)15(16)17/h2-5,7,14H,1H3. The molecule has 0 aliphatic rings. The minimum atomic E-state index is -0.451. The van der Waals surface area contributed by atoms with Crippen molar-refractivity contribution in [2.45, 2.75) is 6.92 Å². The molecule has 1 aromatic heterocycles. The molecule has 1 aromatic carbocycles. The average Bonchev–Trinajstić information content (AvgIpc) is 2.70. The Morgan fingerprint density at radius 2 is 2.11 bits per heavy atom. The maximum absolute atomic E-state index is 10.9. The molecule has 1 heterocycles. The van der Waals surface area contributed by atoms with Gasteiger partial charge in [-0.15, -0.1) is 11.3 Å². The largest absolute Gasteiger partial charge is 0.348 e. The van der Waals surface area contributed by atoms with Crippen molar-refractivity contribution < 1.29 is 4.92 Å². The van der Waals surface area contributed by atoms with Gasteiger partial charge >= 0.3 is 0 Å². The lowest BCUT2D eigenvalue weighted by atomic mass is 10.2. The second kappa shape index (κ2) is 4.85. The van der Waals surface area contributed by atoms with Crippen LogP contribution in [0.25, 0.3) is 0 Å². The van der Waals surface area contributed by atoms with Gasteiger partial charge in [-0.2, -0.15) is 5.26 Å². The van der Waals surface area contributed by atoms with Gasteiger partial charge in [0, 0.05) is 16.3 Å². The number of benzene rings is 1. The van der Waals surface area contributed by atoms with Crippen molar-refractivity contribution in [1.29, 1.82) is 5.26 Å². The van der Waals surface area contributed by atoms with E-state index in [0.29, 0.717) is 16.9 Å². The van der Waals surface area contributed by atoms with Gasteiger partial charge in [0.15, 0.2) is 0 Å². The fourth-order valence-electron chi connectivity index (χ4n) is 1.57. The third-order valence-electron chi connectivity index (χ3n) is 2.46. The minimum absolute atomic E-state index is 0.00903. The van der Waals surface area contributed by atoms with Gasteiger partial charge in [0.2, 0.25) is 0 Å². The number of nitro benzene ring substituents is 1. The van der Waals surface area contributed by atoms with Crippen molar-refractivity contribution in [2.75, 3.05) is 5.32 Å². The van der Waals surface area contributed by atoms with Gasteiger partial charge in [-0.25, -0.2) is 0 Å². The molecule has 0 saturated carbocycles. The van der Waals surface area contributed by atoms with Crippen LogP contribution in [0.4, 0.5) is 17.1 Å². The zero-order valence-electron chi connectivity index (χ0n) is 9.51. The lowest BCUT2D eigenvalue weighted by Gasteiger charge is -2.05. The zero-order valence-corrected chi connectivity index (χ0v) is 10.3. The third kappa shape index (κ3) is 2.17. The molecule has 0 amide bonds. The Bertz CT molecular complexity index is 643. The van der Waals surface area contributed by atoms with Crippen molar-refractivity contribution in [3.05, 3.63) is 50.2 Å². The van der Waals surface area contributed by atoms with Crippen LogP contribution in [0.1, 0.15) is 10.4 Å². The van der Waals surface area contributed by atoms with E-state index in [-0.39, 0.29) is 5.69 Å². The highest BCUT2D eigenvalue weighted by atomic mass is 32.1. The van der Waals surface area contributed by atoms with Gasteiger partial charge in [0.1, 0.15) is 11.8 Å². The molecule has 0 saturated heterocycles. The predicted octanol–water partition coefficient (Wildman–Crippen LogP) is 3.58. The van der Waals surface area contributed by atoms with Gasteiger partial charge in [-0.05, 0) is 13.0 Å². The monoisotopic (exact) mass is 259 g/mol. The number of aryl methyl sites for hydroxylation is 1. The summed E-state index contributed by atoms with van der Waals surface area (Å²) in [7, 11) is 0. The highest BCUT2D eigenvalue weighted by Crippen LogP contribution is 2.32. The summed E-state index contributed by atoms with van der Waals surface area (Å²) in [4.78, 5) is 11.3. The second-order valence-corrected chi connectivity index (χ2v) is 4.68. The van der Waals surface area contributed by atoms with Crippen LogP contribution in [-0.2, 0) is 0 Å². The molecule has 0 bridgehead atoms. The molecule has 6 heteroatoms. The highest BCUT2D eigenvalue weighted by molar-refractivity contribution is 7.10. The maximum Gasteiger partial charge on any atom is 0.292 e. The summed E-state index contributed by atoms with van der Waals surface area (Å²) >= 11 is 1.43. The van der Waals surface area contributed by atoms with E-state index in [0.717, 1.165) is 4.88 Å². The number of hydrogen-bond acceptors (Lipinski definition) is 5. The maximum atomic E-state index is 10.9.